The van der Waals surface area contributed by atoms with E-state index in [1.54, 1.807) is 12.1 Å². The topological polar surface area (TPSA) is 91.2 Å². The van der Waals surface area contributed by atoms with Gasteiger partial charge in [-0.05, 0) is 12.1 Å². The van der Waals surface area contributed by atoms with E-state index in [0.717, 1.165) is 0 Å². The molecule has 0 aromatic heterocycles. The third-order valence-corrected chi connectivity index (χ3v) is 2.30. The van der Waals surface area contributed by atoms with Crippen molar-refractivity contribution in [1.29, 1.82) is 0 Å². The zero-order valence-electron chi connectivity index (χ0n) is 8.73. The number of nitrogens with one attached hydrogen (secondary N) is 4. The first-order valence-electron chi connectivity index (χ1n) is 5.11. The molecule has 1 aromatic carbocycles. The molecule has 0 saturated carbocycles. The van der Waals surface area contributed by atoms with Crippen LogP contribution in [0.4, 0.5) is 0 Å². The minimum atomic E-state index is -0.279. The van der Waals surface area contributed by atoms with Gasteiger partial charge in [-0.1, -0.05) is 18.2 Å². The van der Waals surface area contributed by atoms with Gasteiger partial charge in [-0.15, -0.1) is 0 Å². The standard InChI is InChI=1S/C10H15N5O/c11-10-13-8(14-15-10)6-12-9(16)7-4-2-1-3-5-7/h1-5,8,10,13-15H,6,11H2,(H,12,16). The third-order valence-electron chi connectivity index (χ3n) is 2.30. The second-order valence-corrected chi connectivity index (χ2v) is 3.56. The summed E-state index contributed by atoms with van der Waals surface area (Å²) < 4.78 is 0. The zero-order chi connectivity index (χ0) is 11.4. The van der Waals surface area contributed by atoms with E-state index < -0.39 is 0 Å². The Morgan fingerprint density at radius 2 is 2.06 bits per heavy atom. The van der Waals surface area contributed by atoms with E-state index in [0.29, 0.717) is 12.1 Å². The summed E-state index contributed by atoms with van der Waals surface area (Å²) in [6.07, 6.45) is -0.332. The molecule has 1 amide bonds. The smallest absolute Gasteiger partial charge is 0.251 e. The highest BCUT2D eigenvalue weighted by molar-refractivity contribution is 5.94. The zero-order valence-corrected chi connectivity index (χ0v) is 8.73. The van der Waals surface area contributed by atoms with E-state index in [4.69, 9.17) is 5.73 Å². The van der Waals surface area contributed by atoms with E-state index >= 15 is 0 Å². The predicted molar refractivity (Wildman–Crippen MR) is 59.9 cm³/mol. The van der Waals surface area contributed by atoms with Gasteiger partial charge in [-0.2, -0.15) is 0 Å². The van der Waals surface area contributed by atoms with Crippen LogP contribution in [0.3, 0.4) is 0 Å². The summed E-state index contributed by atoms with van der Waals surface area (Å²) in [5.74, 6) is -0.0929. The predicted octanol–water partition coefficient (Wildman–Crippen LogP) is -1.32. The van der Waals surface area contributed by atoms with Gasteiger partial charge in [0.05, 0.1) is 6.17 Å². The molecule has 1 saturated heterocycles. The van der Waals surface area contributed by atoms with Gasteiger partial charge in [0.15, 0.2) is 0 Å². The van der Waals surface area contributed by atoms with Gasteiger partial charge < -0.3 is 11.1 Å². The van der Waals surface area contributed by atoms with Gasteiger partial charge in [0.1, 0.15) is 6.29 Å². The molecular formula is C10H15N5O. The minimum Gasteiger partial charge on any atom is -0.349 e. The number of amides is 1. The van der Waals surface area contributed by atoms with E-state index in [1.165, 1.54) is 0 Å². The third kappa shape index (κ3) is 2.77. The first-order chi connectivity index (χ1) is 7.75. The molecule has 16 heavy (non-hydrogen) atoms. The molecule has 0 spiro atoms. The molecule has 6 heteroatoms. The van der Waals surface area contributed by atoms with Crippen molar-refractivity contribution < 1.29 is 4.79 Å². The van der Waals surface area contributed by atoms with Gasteiger partial charge >= 0.3 is 0 Å². The number of benzene rings is 1. The Kier molecular flexibility index (Phi) is 3.47. The van der Waals surface area contributed by atoms with Crippen LogP contribution in [0, 0.1) is 0 Å². The lowest BCUT2D eigenvalue weighted by atomic mass is 10.2. The van der Waals surface area contributed by atoms with Crippen molar-refractivity contribution in [3.05, 3.63) is 35.9 Å². The van der Waals surface area contributed by atoms with Crippen LogP contribution in [0.15, 0.2) is 30.3 Å². The number of rotatable bonds is 3. The van der Waals surface area contributed by atoms with Gasteiger partial charge in [-0.25, -0.2) is 10.9 Å². The lowest BCUT2D eigenvalue weighted by Gasteiger charge is -2.11. The van der Waals surface area contributed by atoms with Crippen LogP contribution in [-0.4, -0.2) is 24.9 Å². The Balaban J connectivity index is 1.80. The molecule has 1 fully saturated rings. The van der Waals surface area contributed by atoms with Gasteiger partial charge in [-0.3, -0.25) is 10.1 Å². The van der Waals surface area contributed by atoms with Crippen LogP contribution in [0.5, 0.6) is 0 Å². The Hall–Kier alpha value is -1.47. The first kappa shape index (κ1) is 11.0. The molecule has 2 rings (SSSR count). The highest BCUT2D eigenvalue weighted by atomic mass is 16.1. The van der Waals surface area contributed by atoms with Crippen molar-refractivity contribution in [2.45, 2.75) is 12.5 Å². The minimum absolute atomic E-state index is 0.0531. The Labute approximate surface area is 93.6 Å². The lowest BCUT2D eigenvalue weighted by Crippen LogP contribution is -2.45. The fraction of sp³-hybridized carbons (Fsp3) is 0.300. The van der Waals surface area contributed by atoms with Crippen molar-refractivity contribution >= 4 is 5.91 Å². The first-order valence-corrected chi connectivity index (χ1v) is 5.11. The SMILES string of the molecule is NC1NNC(CNC(=O)c2ccccc2)N1. The average Bonchev–Trinajstić information content (AvgIpc) is 2.73. The van der Waals surface area contributed by atoms with E-state index in [1.807, 2.05) is 18.2 Å². The van der Waals surface area contributed by atoms with Crippen molar-refractivity contribution in [3.63, 3.8) is 0 Å². The average molecular weight is 221 g/mol. The van der Waals surface area contributed by atoms with Crippen LogP contribution < -0.4 is 27.2 Å². The summed E-state index contributed by atoms with van der Waals surface area (Å²) in [5.41, 5.74) is 11.9. The van der Waals surface area contributed by atoms with Crippen molar-refractivity contribution in [3.8, 4) is 0 Å². The highest BCUT2D eigenvalue weighted by Gasteiger charge is 2.19. The molecule has 0 aliphatic carbocycles. The maximum Gasteiger partial charge on any atom is 0.251 e. The number of hydrogen-bond donors (Lipinski definition) is 5. The van der Waals surface area contributed by atoms with Crippen LogP contribution >= 0.6 is 0 Å². The summed E-state index contributed by atoms with van der Waals surface area (Å²) in [6, 6.07) is 9.08. The monoisotopic (exact) mass is 221 g/mol. The maximum atomic E-state index is 11.7. The fourth-order valence-electron chi connectivity index (χ4n) is 1.49. The Morgan fingerprint density at radius 3 is 2.69 bits per heavy atom. The summed E-state index contributed by atoms with van der Waals surface area (Å²) >= 11 is 0. The quantitative estimate of drug-likeness (QED) is 0.437. The molecule has 6 N–H and O–H groups in total. The van der Waals surface area contributed by atoms with Crippen molar-refractivity contribution in [2.75, 3.05) is 6.54 Å². The van der Waals surface area contributed by atoms with E-state index in [2.05, 4.69) is 21.5 Å². The second kappa shape index (κ2) is 5.04. The van der Waals surface area contributed by atoms with Crippen molar-refractivity contribution in [2.24, 2.45) is 5.73 Å². The summed E-state index contributed by atoms with van der Waals surface area (Å²) in [7, 11) is 0. The molecule has 1 heterocycles. The number of hydrogen-bond acceptors (Lipinski definition) is 5. The number of carbonyl (C=O) groups excluding carboxylic acids is 1. The Morgan fingerprint density at radius 1 is 1.31 bits per heavy atom. The largest absolute Gasteiger partial charge is 0.349 e. The fourth-order valence-corrected chi connectivity index (χ4v) is 1.49. The number of nitrogens with two attached hydrogens (primary N) is 1. The van der Waals surface area contributed by atoms with Crippen LogP contribution in [-0.2, 0) is 0 Å². The van der Waals surface area contributed by atoms with Crippen LogP contribution in [0.2, 0.25) is 0 Å². The molecule has 1 aliphatic rings. The molecule has 0 bridgehead atoms. The maximum absolute atomic E-state index is 11.7. The number of hydrazine groups is 1. The molecule has 0 radical (unpaired) electrons. The van der Waals surface area contributed by atoms with E-state index in [-0.39, 0.29) is 18.4 Å². The molecule has 6 nitrogen and oxygen atoms in total. The second-order valence-electron chi connectivity index (χ2n) is 3.56. The summed E-state index contributed by atoms with van der Waals surface area (Å²) in [5, 5.41) is 5.80. The molecule has 1 aliphatic heterocycles. The van der Waals surface area contributed by atoms with Gasteiger partial charge in [0.2, 0.25) is 0 Å². The lowest BCUT2D eigenvalue weighted by molar-refractivity contribution is 0.0949. The summed E-state index contributed by atoms with van der Waals surface area (Å²) in [4.78, 5) is 11.7. The molecule has 86 valence electrons. The molecule has 1 aromatic rings. The molecular weight excluding hydrogens is 206 g/mol. The van der Waals surface area contributed by atoms with Crippen LogP contribution in [0.25, 0.3) is 0 Å². The molecule has 2 atom stereocenters. The highest BCUT2D eigenvalue weighted by Crippen LogP contribution is 1.97. The Bertz CT molecular complexity index is 355. The van der Waals surface area contributed by atoms with Gasteiger partial charge in [0.25, 0.3) is 5.91 Å². The van der Waals surface area contributed by atoms with E-state index in [9.17, 15) is 4.79 Å². The normalized spacial score (nSPS) is 24.3. The summed E-state index contributed by atoms with van der Waals surface area (Å²) in [6.45, 7) is 0.467. The molecule has 2 unspecified atom stereocenters. The number of carbonyl (C=O) groups is 1. The van der Waals surface area contributed by atoms with Gasteiger partial charge in [0, 0.05) is 12.1 Å². The van der Waals surface area contributed by atoms with Crippen molar-refractivity contribution in [1.82, 2.24) is 21.5 Å². The van der Waals surface area contributed by atoms with Crippen LogP contribution in [0.1, 0.15) is 10.4 Å².